The monoisotopic (exact) mass is 318 g/mol. The van der Waals surface area contributed by atoms with Crippen LogP contribution in [0.25, 0.3) is 0 Å². The first-order valence-corrected chi connectivity index (χ1v) is 7.24. The largest absolute Gasteiger partial charge is 0.355 e. The van der Waals surface area contributed by atoms with E-state index in [4.69, 9.17) is 4.52 Å². The Morgan fingerprint density at radius 1 is 1.29 bits per heavy atom. The van der Waals surface area contributed by atoms with Crippen LogP contribution in [0.3, 0.4) is 0 Å². The van der Waals surface area contributed by atoms with Gasteiger partial charge in [-0.15, -0.1) is 12.4 Å². The smallest absolute Gasteiger partial charge is 0.226 e. The first-order valence-electron chi connectivity index (χ1n) is 7.24. The van der Waals surface area contributed by atoms with Gasteiger partial charge in [-0.25, -0.2) is 0 Å². The maximum atomic E-state index is 11.6. The van der Waals surface area contributed by atoms with E-state index in [1.807, 2.05) is 27.7 Å². The minimum atomic E-state index is -0.106. The summed E-state index contributed by atoms with van der Waals surface area (Å²) in [5.41, 5.74) is -0.106. The second-order valence-corrected chi connectivity index (χ2v) is 5.82. The van der Waals surface area contributed by atoms with Gasteiger partial charge in [-0.3, -0.25) is 4.79 Å². The van der Waals surface area contributed by atoms with E-state index in [9.17, 15) is 4.79 Å². The van der Waals surface area contributed by atoms with E-state index >= 15 is 0 Å². The number of nitrogens with zero attached hydrogens (tertiary/aromatic N) is 2. The molecular formula is C14H27ClN4O2. The highest BCUT2D eigenvalue weighted by atomic mass is 35.5. The maximum Gasteiger partial charge on any atom is 0.226 e. The van der Waals surface area contributed by atoms with E-state index in [0.717, 1.165) is 19.5 Å². The predicted molar refractivity (Wildman–Crippen MR) is 84.7 cm³/mol. The normalized spacial score (nSPS) is 11.0. The fourth-order valence-electron chi connectivity index (χ4n) is 1.62. The van der Waals surface area contributed by atoms with Crippen LogP contribution in [0.4, 0.5) is 0 Å². The van der Waals surface area contributed by atoms with Crippen molar-refractivity contribution in [2.45, 2.75) is 52.4 Å². The fraction of sp³-hybridized carbons (Fsp3) is 0.786. The molecule has 0 spiro atoms. The molecule has 0 aromatic carbocycles. The summed E-state index contributed by atoms with van der Waals surface area (Å²) in [4.78, 5) is 15.9. The highest BCUT2D eigenvalue weighted by molar-refractivity contribution is 5.85. The van der Waals surface area contributed by atoms with Crippen LogP contribution in [0.5, 0.6) is 0 Å². The molecule has 0 aliphatic rings. The number of carbonyl (C=O) groups is 1. The van der Waals surface area contributed by atoms with Crippen molar-refractivity contribution in [3.63, 3.8) is 0 Å². The van der Waals surface area contributed by atoms with Crippen LogP contribution in [-0.2, 0) is 16.6 Å². The summed E-state index contributed by atoms with van der Waals surface area (Å²) >= 11 is 0. The number of rotatable bonds is 8. The number of likely N-dealkylation sites (N-methyl/N-ethyl adjacent to an activating group) is 1. The molecule has 7 heteroatoms. The van der Waals surface area contributed by atoms with Crippen LogP contribution in [0, 0.1) is 0 Å². The van der Waals surface area contributed by atoms with Crippen LogP contribution < -0.4 is 10.6 Å². The lowest BCUT2D eigenvalue weighted by Gasteiger charge is -2.10. The van der Waals surface area contributed by atoms with Crippen molar-refractivity contribution in [2.75, 3.05) is 19.6 Å². The molecule has 0 saturated heterocycles. The van der Waals surface area contributed by atoms with Crippen molar-refractivity contribution in [2.24, 2.45) is 0 Å². The van der Waals surface area contributed by atoms with E-state index in [-0.39, 0.29) is 23.7 Å². The Labute approximate surface area is 132 Å². The summed E-state index contributed by atoms with van der Waals surface area (Å²) in [5, 5.41) is 9.98. The fourth-order valence-corrected chi connectivity index (χ4v) is 1.62. The van der Waals surface area contributed by atoms with Gasteiger partial charge in [-0.05, 0) is 13.0 Å². The predicted octanol–water partition coefficient (Wildman–Crippen LogP) is 1.84. The molecule has 0 aliphatic heterocycles. The summed E-state index contributed by atoms with van der Waals surface area (Å²) in [7, 11) is 0. The van der Waals surface area contributed by atoms with E-state index in [0.29, 0.717) is 31.1 Å². The molecule has 0 fully saturated rings. The molecule has 1 amide bonds. The molecule has 6 nitrogen and oxygen atoms in total. The van der Waals surface area contributed by atoms with Gasteiger partial charge in [0, 0.05) is 31.3 Å². The standard InChI is InChI=1S/C14H26N4O2.ClH/c1-5-15-9-10-16-11(19)7-6-8-12-17-13(18-20-12)14(2,3)4;/h15H,5-10H2,1-4H3,(H,16,19);1H. The van der Waals surface area contributed by atoms with Crippen LogP contribution in [-0.4, -0.2) is 35.7 Å². The summed E-state index contributed by atoms with van der Waals surface area (Å²) in [6, 6.07) is 0. The molecule has 1 rings (SSSR count). The lowest BCUT2D eigenvalue weighted by molar-refractivity contribution is -0.121. The number of hydrogen-bond donors (Lipinski definition) is 2. The Balaban J connectivity index is 0.00000400. The first-order chi connectivity index (χ1) is 9.43. The molecule has 1 aromatic rings. The minimum absolute atomic E-state index is 0. The number of hydrogen-bond acceptors (Lipinski definition) is 5. The molecule has 0 aliphatic carbocycles. The summed E-state index contributed by atoms with van der Waals surface area (Å²) in [6.07, 6.45) is 1.85. The topological polar surface area (TPSA) is 80.0 Å². The van der Waals surface area contributed by atoms with Gasteiger partial charge >= 0.3 is 0 Å². The molecule has 0 atom stereocenters. The average molecular weight is 319 g/mol. The van der Waals surface area contributed by atoms with Crippen molar-refractivity contribution in [1.82, 2.24) is 20.8 Å². The van der Waals surface area contributed by atoms with Crippen molar-refractivity contribution in [1.29, 1.82) is 0 Å². The summed E-state index contributed by atoms with van der Waals surface area (Å²) in [6.45, 7) is 10.6. The second-order valence-electron chi connectivity index (χ2n) is 5.82. The molecule has 21 heavy (non-hydrogen) atoms. The third-order valence-electron chi connectivity index (χ3n) is 2.81. The zero-order chi connectivity index (χ0) is 15.0. The quantitative estimate of drug-likeness (QED) is 0.715. The van der Waals surface area contributed by atoms with Gasteiger partial charge < -0.3 is 15.2 Å². The third kappa shape index (κ3) is 8.02. The van der Waals surface area contributed by atoms with Crippen molar-refractivity contribution < 1.29 is 9.32 Å². The Hall–Kier alpha value is -1.14. The number of amides is 1. The van der Waals surface area contributed by atoms with Gasteiger partial charge in [0.1, 0.15) is 0 Å². The van der Waals surface area contributed by atoms with Crippen LogP contribution in [0.1, 0.15) is 52.3 Å². The van der Waals surface area contributed by atoms with Gasteiger partial charge in [0.2, 0.25) is 11.8 Å². The zero-order valence-corrected chi connectivity index (χ0v) is 14.2. The third-order valence-corrected chi connectivity index (χ3v) is 2.81. The lowest BCUT2D eigenvalue weighted by Crippen LogP contribution is -2.31. The highest BCUT2D eigenvalue weighted by Gasteiger charge is 2.20. The van der Waals surface area contributed by atoms with Gasteiger partial charge in [-0.2, -0.15) is 4.98 Å². The molecule has 122 valence electrons. The Bertz CT molecular complexity index is 415. The van der Waals surface area contributed by atoms with Crippen molar-refractivity contribution in [3.8, 4) is 0 Å². The van der Waals surface area contributed by atoms with Crippen LogP contribution in [0.2, 0.25) is 0 Å². The van der Waals surface area contributed by atoms with Crippen LogP contribution in [0.15, 0.2) is 4.52 Å². The highest BCUT2D eigenvalue weighted by Crippen LogP contribution is 2.18. The number of halogens is 1. The first kappa shape index (κ1) is 19.9. The van der Waals surface area contributed by atoms with Crippen molar-refractivity contribution in [3.05, 3.63) is 11.7 Å². The molecular weight excluding hydrogens is 292 g/mol. The van der Waals surface area contributed by atoms with E-state index in [2.05, 4.69) is 20.8 Å². The van der Waals surface area contributed by atoms with E-state index in [1.165, 1.54) is 0 Å². The second kappa shape index (κ2) is 9.73. The average Bonchev–Trinajstić information content (AvgIpc) is 2.83. The van der Waals surface area contributed by atoms with Gasteiger partial charge in [0.25, 0.3) is 0 Å². The molecule has 0 saturated carbocycles. The van der Waals surface area contributed by atoms with Gasteiger partial charge in [0.15, 0.2) is 5.82 Å². The maximum absolute atomic E-state index is 11.6. The van der Waals surface area contributed by atoms with Gasteiger partial charge in [-0.1, -0.05) is 32.9 Å². The molecule has 1 aromatic heterocycles. The molecule has 0 bridgehead atoms. The number of aromatic nitrogens is 2. The summed E-state index contributed by atoms with van der Waals surface area (Å²) < 4.78 is 5.18. The Kier molecular flexibility index (Phi) is 9.21. The number of nitrogens with one attached hydrogen (secondary N) is 2. The SMILES string of the molecule is CCNCCNC(=O)CCCc1nc(C(C)(C)C)no1.Cl. The Morgan fingerprint density at radius 2 is 2.00 bits per heavy atom. The van der Waals surface area contributed by atoms with E-state index in [1.54, 1.807) is 0 Å². The Morgan fingerprint density at radius 3 is 2.57 bits per heavy atom. The zero-order valence-electron chi connectivity index (χ0n) is 13.4. The lowest BCUT2D eigenvalue weighted by atomic mass is 9.96. The number of aryl methyl sites for hydroxylation is 1. The minimum Gasteiger partial charge on any atom is -0.355 e. The van der Waals surface area contributed by atoms with Crippen molar-refractivity contribution >= 4 is 18.3 Å². The number of carbonyl (C=O) groups excluding carboxylic acids is 1. The molecule has 0 unspecified atom stereocenters. The van der Waals surface area contributed by atoms with Gasteiger partial charge in [0.05, 0.1) is 0 Å². The molecule has 0 radical (unpaired) electrons. The van der Waals surface area contributed by atoms with Crippen LogP contribution >= 0.6 is 12.4 Å². The molecule has 2 N–H and O–H groups in total. The summed E-state index contributed by atoms with van der Waals surface area (Å²) in [5.74, 6) is 1.39. The molecule has 1 heterocycles. The van der Waals surface area contributed by atoms with E-state index < -0.39 is 0 Å².